The third kappa shape index (κ3) is 5.12. The van der Waals surface area contributed by atoms with Gasteiger partial charge in [0.1, 0.15) is 13.0 Å². The van der Waals surface area contributed by atoms with E-state index in [0.717, 1.165) is 29.7 Å². The van der Waals surface area contributed by atoms with Gasteiger partial charge in [0.15, 0.2) is 17.3 Å². The summed E-state index contributed by atoms with van der Waals surface area (Å²) in [7, 11) is 0.926. The Morgan fingerprint density at radius 2 is 1.95 bits per heavy atom. The van der Waals surface area contributed by atoms with Crippen LogP contribution in [0.5, 0.6) is 5.75 Å². The minimum absolute atomic E-state index is 0.0230. The fourth-order valence-electron chi connectivity index (χ4n) is 4.19. The van der Waals surface area contributed by atoms with E-state index in [1.54, 1.807) is 38.9 Å². The highest BCUT2D eigenvalue weighted by atomic mass is 31.2. The molecule has 38 heavy (non-hydrogen) atoms. The lowest BCUT2D eigenvalue weighted by Gasteiger charge is -2.23. The minimum Gasteiger partial charge on any atom is -0.494 e. The Kier molecular flexibility index (Phi) is 6.66. The quantitative estimate of drug-likeness (QED) is 0.351. The number of amides is 1. The van der Waals surface area contributed by atoms with Gasteiger partial charge in [0.2, 0.25) is 0 Å². The number of hydrogen-bond acceptors (Lipinski definition) is 10. The normalized spacial score (nSPS) is 15.3. The molecule has 0 spiro atoms. The maximum absolute atomic E-state index is 13.0. The molecular weight excluding hydrogens is 505 g/mol. The van der Waals surface area contributed by atoms with Crippen LogP contribution in [0.1, 0.15) is 29.4 Å². The van der Waals surface area contributed by atoms with E-state index < -0.39 is 13.0 Å². The first-order valence-electron chi connectivity index (χ1n) is 12.1. The Morgan fingerprint density at radius 1 is 1.16 bits per heavy atom. The third-order valence-corrected chi connectivity index (χ3v) is 7.71. The molecule has 0 atom stereocenters. The van der Waals surface area contributed by atoms with Crippen LogP contribution in [0.3, 0.4) is 0 Å². The maximum Gasteiger partial charge on any atom is 0.271 e. The molecule has 13 heteroatoms. The Labute approximate surface area is 220 Å². The molecule has 198 valence electrons. The van der Waals surface area contributed by atoms with Crippen molar-refractivity contribution in [2.45, 2.75) is 18.9 Å². The van der Waals surface area contributed by atoms with Crippen molar-refractivity contribution in [1.82, 2.24) is 24.9 Å². The second kappa shape index (κ2) is 9.94. The number of methoxy groups -OCH3 is 1. The molecule has 0 bridgehead atoms. The van der Waals surface area contributed by atoms with Gasteiger partial charge in [0, 0.05) is 24.9 Å². The lowest BCUT2D eigenvalue weighted by atomic mass is 10.1. The monoisotopic (exact) mass is 535 g/mol. The zero-order chi connectivity index (χ0) is 27.0. The Morgan fingerprint density at radius 3 is 2.61 bits per heavy atom. The summed E-state index contributed by atoms with van der Waals surface area (Å²) in [5, 5.41) is 19.4. The predicted molar refractivity (Wildman–Crippen MR) is 148 cm³/mol. The number of hydrogen-bond donors (Lipinski definition) is 3. The van der Waals surface area contributed by atoms with E-state index >= 15 is 0 Å². The highest BCUT2D eigenvalue weighted by molar-refractivity contribution is 7.69. The highest BCUT2D eigenvalue weighted by Gasteiger charge is 2.32. The fraction of sp³-hybridized carbons (Fsp3) is 0.320. The zero-order valence-corrected chi connectivity index (χ0v) is 22.6. The number of anilines is 3. The molecule has 3 heterocycles. The Balaban J connectivity index is 1.52. The summed E-state index contributed by atoms with van der Waals surface area (Å²) in [4.78, 5) is 18.3. The van der Waals surface area contributed by atoms with Crippen LogP contribution in [-0.4, -0.2) is 71.0 Å². The average molecular weight is 536 g/mol. The summed E-state index contributed by atoms with van der Waals surface area (Å²) in [6.45, 7) is 4.15. The van der Waals surface area contributed by atoms with Crippen molar-refractivity contribution >= 4 is 41.9 Å². The minimum atomic E-state index is -2.55. The molecule has 0 radical (unpaired) electrons. The average Bonchev–Trinajstić information content (AvgIpc) is 3.62. The number of nitrogens with zero attached hydrogens (tertiary/aromatic N) is 6. The van der Waals surface area contributed by atoms with Gasteiger partial charge in [-0.1, -0.05) is 6.07 Å². The van der Waals surface area contributed by atoms with Gasteiger partial charge in [0.25, 0.3) is 5.91 Å². The molecule has 0 unspecified atom stereocenters. The number of aromatic nitrogens is 4. The predicted octanol–water partition coefficient (Wildman–Crippen LogP) is 3.00. The van der Waals surface area contributed by atoms with E-state index in [1.807, 2.05) is 40.9 Å². The molecule has 1 amide bonds. The van der Waals surface area contributed by atoms with Gasteiger partial charge in [-0.2, -0.15) is 5.10 Å². The van der Waals surface area contributed by atoms with Crippen molar-refractivity contribution in [3.63, 3.8) is 0 Å². The van der Waals surface area contributed by atoms with Crippen LogP contribution in [0.4, 0.5) is 17.2 Å². The highest BCUT2D eigenvalue weighted by Crippen LogP contribution is 2.44. The molecule has 1 aliphatic carbocycles. The van der Waals surface area contributed by atoms with Crippen molar-refractivity contribution in [2.75, 3.05) is 44.7 Å². The first-order valence-corrected chi connectivity index (χ1v) is 14.7. The Hall–Kier alpha value is -4.18. The van der Waals surface area contributed by atoms with Crippen LogP contribution in [0.15, 0.2) is 47.3 Å². The van der Waals surface area contributed by atoms with Gasteiger partial charge >= 0.3 is 0 Å². The summed E-state index contributed by atoms with van der Waals surface area (Å²) in [5.74, 6) is 0.907. The van der Waals surface area contributed by atoms with Gasteiger partial charge in [-0.25, -0.2) is 0 Å². The van der Waals surface area contributed by atoms with Crippen molar-refractivity contribution in [2.24, 2.45) is 10.7 Å². The first kappa shape index (κ1) is 25.5. The van der Waals surface area contributed by atoms with Gasteiger partial charge in [0.05, 0.1) is 48.4 Å². The number of ether oxygens (including phenoxy) is 1. The number of carbonyl (C=O) groups excluding carboxylic acids is 1. The molecule has 1 saturated carbocycles. The Bertz CT molecular complexity index is 1500. The number of rotatable bonds is 9. The fourth-order valence-corrected chi connectivity index (χ4v) is 5.32. The van der Waals surface area contributed by atoms with Crippen molar-refractivity contribution in [3.05, 3.63) is 48.0 Å². The number of para-hydroxylation sites is 1. The van der Waals surface area contributed by atoms with Crippen LogP contribution in [0.2, 0.25) is 0 Å². The molecule has 2 aliphatic rings. The van der Waals surface area contributed by atoms with E-state index in [9.17, 15) is 9.36 Å². The molecule has 2 aromatic heterocycles. The second-order valence-electron chi connectivity index (χ2n) is 9.63. The van der Waals surface area contributed by atoms with Crippen molar-refractivity contribution < 1.29 is 14.1 Å². The van der Waals surface area contributed by atoms with Crippen LogP contribution in [0.25, 0.3) is 11.3 Å². The molecule has 1 aliphatic heterocycles. The number of aliphatic imine (C=N–C) groups is 1. The molecule has 5 rings (SSSR count). The van der Waals surface area contributed by atoms with Gasteiger partial charge in [-0.05, 0) is 44.4 Å². The van der Waals surface area contributed by atoms with Crippen molar-refractivity contribution in [3.8, 4) is 17.0 Å². The van der Waals surface area contributed by atoms with E-state index in [4.69, 9.17) is 15.6 Å². The lowest BCUT2D eigenvalue weighted by Crippen LogP contribution is -2.27. The van der Waals surface area contributed by atoms with E-state index in [0.29, 0.717) is 35.2 Å². The molecule has 3 aromatic rings. The van der Waals surface area contributed by atoms with E-state index in [-0.39, 0.29) is 11.7 Å². The number of carbonyl (C=O) groups is 1. The summed E-state index contributed by atoms with van der Waals surface area (Å²) < 4.78 is 20.7. The SMILES string of the molecule is COc1c(Nc2cc(NC3=CN=CCN3C)nnc2C(N)=O)cccc1-c1cc(P(C)(C)=O)n(C2CC2)n1. The number of benzene rings is 1. The van der Waals surface area contributed by atoms with Gasteiger partial charge in [-0.3, -0.25) is 14.5 Å². The number of primary amides is 1. The number of nitrogens with two attached hydrogens (primary N) is 1. The first-order chi connectivity index (χ1) is 18.2. The van der Waals surface area contributed by atoms with E-state index in [2.05, 4.69) is 25.8 Å². The molecule has 1 fully saturated rings. The standard InChI is InChI=1S/C25H30N9O3P/c1-33-11-10-27-14-21(33)29-20-12-19(23(25(26)35)31-30-20)28-17-7-5-6-16(24(17)37-2)18-13-22(38(3,4)36)34(32-18)15-8-9-15/h5-7,10,12-15H,8-9,11H2,1-4H3,(H2,26,35)(H2,28,29,30). The third-order valence-electron chi connectivity index (χ3n) is 6.28. The smallest absolute Gasteiger partial charge is 0.271 e. The van der Waals surface area contributed by atoms with Crippen LogP contribution < -0.4 is 26.5 Å². The molecule has 12 nitrogen and oxygen atoms in total. The maximum atomic E-state index is 13.0. The topological polar surface area (TPSA) is 153 Å². The van der Waals surface area contributed by atoms with Crippen LogP contribution in [0, 0.1) is 0 Å². The van der Waals surface area contributed by atoms with Crippen LogP contribution >= 0.6 is 7.14 Å². The molecule has 0 saturated heterocycles. The second-order valence-corrected chi connectivity index (χ2v) is 12.8. The van der Waals surface area contributed by atoms with E-state index in [1.165, 1.54) is 0 Å². The summed E-state index contributed by atoms with van der Waals surface area (Å²) in [5.41, 5.74) is 8.63. The summed E-state index contributed by atoms with van der Waals surface area (Å²) in [6.07, 6.45) is 5.50. The van der Waals surface area contributed by atoms with Gasteiger partial charge in [-0.15, -0.1) is 10.2 Å². The number of nitrogens with one attached hydrogen (secondary N) is 2. The molecular formula is C25H30N9O3P. The summed E-state index contributed by atoms with van der Waals surface area (Å²) >= 11 is 0. The van der Waals surface area contributed by atoms with Crippen LogP contribution in [-0.2, 0) is 4.57 Å². The van der Waals surface area contributed by atoms with Crippen molar-refractivity contribution in [1.29, 1.82) is 0 Å². The zero-order valence-electron chi connectivity index (χ0n) is 21.7. The summed E-state index contributed by atoms with van der Waals surface area (Å²) in [6, 6.07) is 9.36. The van der Waals surface area contributed by atoms with Gasteiger partial charge < -0.3 is 30.6 Å². The molecule has 4 N–H and O–H groups in total. The largest absolute Gasteiger partial charge is 0.494 e. The lowest BCUT2D eigenvalue weighted by molar-refractivity contribution is 0.0995. The molecule has 1 aromatic carbocycles.